The van der Waals surface area contributed by atoms with Gasteiger partial charge in [0.1, 0.15) is 17.7 Å². The number of hydrogen-bond acceptors (Lipinski definition) is 10. The Labute approximate surface area is 349 Å². The van der Waals surface area contributed by atoms with Crippen LogP contribution in [0.15, 0.2) is 54.7 Å². The number of aromatic amines is 2. The Bertz CT molecular complexity index is 2130. The summed E-state index contributed by atoms with van der Waals surface area (Å²) in [5.74, 6) is 0.567. The van der Waals surface area contributed by atoms with Crippen molar-refractivity contribution in [2.45, 2.75) is 96.7 Å². The van der Waals surface area contributed by atoms with Gasteiger partial charge in [0.05, 0.1) is 50.0 Å². The highest BCUT2D eigenvalue weighted by molar-refractivity contribution is 5.86. The molecule has 4 atom stereocenters. The fourth-order valence-electron chi connectivity index (χ4n) is 8.38. The number of amides is 4. The van der Waals surface area contributed by atoms with Crippen LogP contribution in [0.2, 0.25) is 0 Å². The molecule has 2 aromatic heterocycles. The first-order valence-corrected chi connectivity index (χ1v) is 20.9. The van der Waals surface area contributed by atoms with Gasteiger partial charge in [0.15, 0.2) is 12.4 Å². The predicted molar refractivity (Wildman–Crippen MR) is 222 cm³/mol. The smallest absolute Gasteiger partial charge is 0.407 e. The maximum Gasteiger partial charge on any atom is 0.407 e. The summed E-state index contributed by atoms with van der Waals surface area (Å²) >= 11 is 0. The number of likely N-dealkylation sites (tertiary alicyclic amines) is 2. The lowest BCUT2D eigenvalue weighted by Crippen LogP contribution is -2.51. The normalized spacial score (nSPS) is 19.4. The van der Waals surface area contributed by atoms with Gasteiger partial charge in [-0.2, -0.15) is 0 Å². The lowest BCUT2D eigenvalue weighted by Gasteiger charge is -2.30. The van der Waals surface area contributed by atoms with Gasteiger partial charge in [-0.25, -0.2) is 19.6 Å². The summed E-state index contributed by atoms with van der Waals surface area (Å²) in [6, 6.07) is 15.2. The Morgan fingerprint density at radius 1 is 0.800 bits per heavy atom. The average Bonchev–Trinajstić information content (AvgIpc) is 4.09. The minimum Gasteiger partial charge on any atom is -0.453 e. The molecule has 0 aliphatic carbocycles. The summed E-state index contributed by atoms with van der Waals surface area (Å²) in [5, 5.41) is 2.70. The molecule has 3 fully saturated rings. The van der Waals surface area contributed by atoms with Gasteiger partial charge in [-0.15, -0.1) is 0 Å². The van der Waals surface area contributed by atoms with Crippen molar-refractivity contribution in [2.75, 3.05) is 33.4 Å². The highest BCUT2D eigenvalue weighted by Gasteiger charge is 2.40. The van der Waals surface area contributed by atoms with Gasteiger partial charge in [0.2, 0.25) is 5.91 Å². The predicted octanol–water partition coefficient (Wildman–Crippen LogP) is 6.27. The maximum absolute atomic E-state index is 13.7. The molecule has 5 N–H and O–H groups in total. The Balaban J connectivity index is 1.08. The molecule has 16 nitrogen and oxygen atoms in total. The van der Waals surface area contributed by atoms with E-state index >= 15 is 0 Å². The molecule has 0 spiro atoms. The van der Waals surface area contributed by atoms with Crippen LogP contribution in [0.3, 0.4) is 0 Å². The summed E-state index contributed by atoms with van der Waals surface area (Å²) < 4.78 is 21.9. The SMILES string of the molecule is COC(=O)N[C@H](C(=O)N1CCCC1c1ncc(-c2ccc(-c3ccc(-c4nc([C@@H]5CCCN5C(=O)[C@@H](OC(N)=O)C(C)C)[nH]c4CC4OCCCO4)cc3)cc2)[nH]1)C(C)C. The second kappa shape index (κ2) is 18.7. The van der Waals surface area contributed by atoms with E-state index < -0.39 is 30.6 Å². The number of methoxy groups -OCH3 is 1. The van der Waals surface area contributed by atoms with E-state index in [1.807, 2.05) is 52.0 Å². The first-order valence-electron chi connectivity index (χ1n) is 20.9. The lowest BCUT2D eigenvalue weighted by molar-refractivity contribution is -0.177. The van der Waals surface area contributed by atoms with E-state index in [-0.39, 0.29) is 35.7 Å². The van der Waals surface area contributed by atoms with Crippen LogP contribution < -0.4 is 11.1 Å². The summed E-state index contributed by atoms with van der Waals surface area (Å²) in [7, 11) is 1.29. The summed E-state index contributed by atoms with van der Waals surface area (Å²) in [6.07, 6.45) is 3.18. The molecular weight excluding hydrogens is 769 g/mol. The van der Waals surface area contributed by atoms with Crippen molar-refractivity contribution in [3.05, 3.63) is 72.1 Å². The monoisotopic (exact) mass is 824 g/mol. The van der Waals surface area contributed by atoms with E-state index in [0.717, 1.165) is 65.0 Å². The van der Waals surface area contributed by atoms with Crippen molar-refractivity contribution in [2.24, 2.45) is 17.6 Å². The number of aromatic nitrogens is 4. The molecule has 5 heterocycles. The number of benzene rings is 2. The molecule has 1 unspecified atom stereocenters. The van der Waals surface area contributed by atoms with Crippen LogP contribution in [-0.2, 0) is 35.0 Å². The first-order chi connectivity index (χ1) is 28.9. The van der Waals surface area contributed by atoms with Gasteiger partial charge in [-0.3, -0.25) is 9.59 Å². The van der Waals surface area contributed by atoms with Gasteiger partial charge in [0, 0.05) is 30.8 Å². The topological polar surface area (TPSA) is 207 Å². The molecule has 3 aliphatic heterocycles. The number of nitrogens with two attached hydrogens (primary N) is 1. The highest BCUT2D eigenvalue weighted by Crippen LogP contribution is 2.37. The standard InChI is InChI=1S/C44H56N8O8/c1-25(2)36(50-44(56)57-5)41(53)51-19-6-9-33(51)39-46-24-32(48-39)29-15-11-27(12-16-29)28-13-17-30(18-14-28)37-31(23-35-58-21-8-22-59-35)47-40(49-37)34-10-7-20-52(34)42(54)38(26(3)4)60-43(45)55/h11-18,24-26,33-36,38H,6-10,19-23H2,1-5H3,(H2,45,55)(H,46,48)(H,47,49)(H,50,56)/t33?,34-,36-,38-/m0/s1. The average molecular weight is 825 g/mol. The fourth-order valence-corrected chi connectivity index (χ4v) is 8.38. The van der Waals surface area contributed by atoms with Gasteiger partial charge in [-0.05, 0) is 60.6 Å². The van der Waals surface area contributed by atoms with Crippen LogP contribution in [0.25, 0.3) is 33.6 Å². The van der Waals surface area contributed by atoms with Gasteiger partial charge in [-0.1, -0.05) is 76.2 Å². The third-order valence-corrected chi connectivity index (χ3v) is 11.5. The third kappa shape index (κ3) is 9.34. The van der Waals surface area contributed by atoms with Crippen molar-refractivity contribution in [1.29, 1.82) is 0 Å². The fraction of sp³-hybridized carbons (Fsp3) is 0.500. The van der Waals surface area contributed by atoms with Crippen molar-refractivity contribution in [1.82, 2.24) is 35.1 Å². The Kier molecular flexibility index (Phi) is 13.2. The number of H-pyrrole nitrogens is 2. The van der Waals surface area contributed by atoms with E-state index in [2.05, 4.69) is 44.5 Å². The Morgan fingerprint density at radius 3 is 1.97 bits per heavy atom. The number of imidazole rings is 2. The van der Waals surface area contributed by atoms with Gasteiger partial charge in [0.25, 0.3) is 5.91 Å². The zero-order valence-corrected chi connectivity index (χ0v) is 34.9. The van der Waals surface area contributed by atoms with Crippen LogP contribution in [-0.4, -0.2) is 106 Å². The quantitative estimate of drug-likeness (QED) is 0.119. The number of alkyl carbamates (subject to hydrolysis) is 1. The number of ether oxygens (including phenoxy) is 4. The van der Waals surface area contributed by atoms with E-state index in [9.17, 15) is 19.2 Å². The summed E-state index contributed by atoms with van der Waals surface area (Å²) in [6.45, 7) is 9.78. The molecule has 60 heavy (non-hydrogen) atoms. The van der Waals surface area contributed by atoms with Crippen LogP contribution in [0, 0.1) is 11.8 Å². The molecule has 320 valence electrons. The van der Waals surface area contributed by atoms with Crippen LogP contribution in [0.4, 0.5) is 9.59 Å². The first kappa shape index (κ1) is 42.4. The van der Waals surface area contributed by atoms with Crippen LogP contribution >= 0.6 is 0 Å². The summed E-state index contributed by atoms with van der Waals surface area (Å²) in [4.78, 5) is 71.3. The molecule has 2 aromatic carbocycles. The van der Waals surface area contributed by atoms with Crippen molar-refractivity contribution >= 4 is 24.0 Å². The van der Waals surface area contributed by atoms with E-state index in [0.29, 0.717) is 50.8 Å². The number of hydrogen-bond donors (Lipinski definition) is 4. The number of nitrogens with one attached hydrogen (secondary N) is 3. The molecule has 7 rings (SSSR count). The van der Waals surface area contributed by atoms with Gasteiger partial charge >= 0.3 is 12.2 Å². The molecule has 3 saturated heterocycles. The van der Waals surface area contributed by atoms with Crippen LogP contribution in [0.1, 0.15) is 89.2 Å². The van der Waals surface area contributed by atoms with Crippen molar-refractivity contribution in [3.8, 4) is 33.6 Å². The zero-order valence-electron chi connectivity index (χ0n) is 34.9. The molecule has 0 radical (unpaired) electrons. The number of nitrogens with zero attached hydrogens (tertiary/aromatic N) is 4. The van der Waals surface area contributed by atoms with E-state index in [1.54, 1.807) is 16.0 Å². The Hall–Kier alpha value is -5.74. The molecule has 3 aliphatic rings. The zero-order chi connectivity index (χ0) is 42.5. The molecule has 4 amide bonds. The number of carbonyl (C=O) groups is 4. The Morgan fingerprint density at radius 2 is 1.38 bits per heavy atom. The highest BCUT2D eigenvalue weighted by atomic mass is 16.7. The second-order valence-corrected chi connectivity index (χ2v) is 16.4. The number of primary amides is 1. The van der Waals surface area contributed by atoms with E-state index in [1.165, 1.54) is 7.11 Å². The molecule has 16 heteroatoms. The molecule has 4 aromatic rings. The minimum atomic E-state index is -0.985. The lowest BCUT2D eigenvalue weighted by atomic mass is 10.00. The van der Waals surface area contributed by atoms with Crippen LogP contribution in [0.5, 0.6) is 0 Å². The molecule has 0 saturated carbocycles. The third-order valence-electron chi connectivity index (χ3n) is 11.5. The van der Waals surface area contributed by atoms with Gasteiger partial charge < -0.3 is 49.8 Å². The summed E-state index contributed by atoms with van der Waals surface area (Å²) in [5.41, 5.74) is 11.7. The largest absolute Gasteiger partial charge is 0.453 e. The van der Waals surface area contributed by atoms with E-state index in [4.69, 9.17) is 29.7 Å². The minimum absolute atomic E-state index is 0.116. The molecular formula is C44H56N8O8. The van der Waals surface area contributed by atoms with Crippen molar-refractivity contribution in [3.63, 3.8) is 0 Å². The second-order valence-electron chi connectivity index (χ2n) is 16.4. The molecule has 0 bridgehead atoms. The number of carbonyl (C=O) groups excluding carboxylic acids is 4. The maximum atomic E-state index is 13.7. The number of rotatable bonds is 13. The van der Waals surface area contributed by atoms with Crippen molar-refractivity contribution < 1.29 is 38.1 Å².